The summed E-state index contributed by atoms with van der Waals surface area (Å²) in [6, 6.07) is 5.11. The largest absolute Gasteiger partial charge is 0.379 e. The fraction of sp³-hybridized carbons (Fsp3) is 0.417. The summed E-state index contributed by atoms with van der Waals surface area (Å²) in [5, 5.41) is 0.941. The molecule has 0 atom stereocenters. The maximum Gasteiger partial charge on any atom is 0.243 e. The van der Waals surface area contributed by atoms with Gasteiger partial charge in [-0.2, -0.15) is 4.31 Å². The fourth-order valence-corrected chi connectivity index (χ4v) is 4.49. The van der Waals surface area contributed by atoms with Gasteiger partial charge in [0.2, 0.25) is 10.0 Å². The highest BCUT2D eigenvalue weighted by Crippen LogP contribution is 2.26. The van der Waals surface area contributed by atoms with Gasteiger partial charge in [0, 0.05) is 13.1 Å². The van der Waals surface area contributed by atoms with Gasteiger partial charge in [-0.25, -0.2) is 13.4 Å². The molecule has 19 heavy (non-hydrogen) atoms. The topological polar surface area (TPSA) is 59.5 Å². The van der Waals surface area contributed by atoms with Crippen LogP contribution in [-0.4, -0.2) is 44.0 Å². The number of sulfonamides is 1. The van der Waals surface area contributed by atoms with Crippen LogP contribution in [0.5, 0.6) is 0 Å². The molecule has 0 bridgehead atoms. The molecule has 0 amide bonds. The second-order valence-electron chi connectivity index (χ2n) is 4.38. The average molecular weight is 298 g/mol. The Morgan fingerprint density at radius 2 is 2.05 bits per heavy atom. The summed E-state index contributed by atoms with van der Waals surface area (Å²) < 4.78 is 32.6. The normalized spacial score (nSPS) is 17.9. The maximum absolute atomic E-state index is 12.5. The van der Waals surface area contributed by atoms with E-state index in [0.717, 1.165) is 15.2 Å². The Kier molecular flexibility index (Phi) is 3.30. The van der Waals surface area contributed by atoms with Crippen molar-refractivity contribution in [2.24, 2.45) is 0 Å². The van der Waals surface area contributed by atoms with Crippen molar-refractivity contribution < 1.29 is 13.2 Å². The minimum Gasteiger partial charge on any atom is -0.379 e. The molecule has 0 radical (unpaired) electrons. The summed E-state index contributed by atoms with van der Waals surface area (Å²) >= 11 is 1.51. The van der Waals surface area contributed by atoms with Gasteiger partial charge in [0.15, 0.2) is 0 Å². The standard InChI is InChI=1S/C12H14N2O3S2/c1-9-13-11-3-2-10(8-12(11)18-9)19(15,16)14-4-6-17-7-5-14/h2-3,8H,4-7H2,1H3. The summed E-state index contributed by atoms with van der Waals surface area (Å²) in [7, 11) is -3.41. The van der Waals surface area contributed by atoms with Crippen molar-refractivity contribution in [2.45, 2.75) is 11.8 Å². The Bertz CT molecular complexity index is 703. The van der Waals surface area contributed by atoms with Crippen LogP contribution >= 0.6 is 11.3 Å². The number of morpholine rings is 1. The molecule has 1 aliphatic heterocycles. The lowest BCUT2D eigenvalue weighted by Crippen LogP contribution is -2.40. The Hall–Kier alpha value is -1.02. The van der Waals surface area contributed by atoms with Gasteiger partial charge in [-0.1, -0.05) is 0 Å². The molecular formula is C12H14N2O3S2. The number of rotatable bonds is 2. The molecule has 1 fully saturated rings. The lowest BCUT2D eigenvalue weighted by molar-refractivity contribution is 0.0730. The van der Waals surface area contributed by atoms with E-state index in [1.54, 1.807) is 18.2 Å². The zero-order chi connectivity index (χ0) is 13.5. The molecule has 3 rings (SSSR count). The molecule has 102 valence electrons. The van der Waals surface area contributed by atoms with Gasteiger partial charge < -0.3 is 4.74 Å². The average Bonchev–Trinajstić information content (AvgIpc) is 2.78. The van der Waals surface area contributed by atoms with Crippen molar-refractivity contribution in [3.8, 4) is 0 Å². The summed E-state index contributed by atoms with van der Waals surface area (Å²) in [4.78, 5) is 4.68. The Labute approximate surface area is 115 Å². The highest BCUT2D eigenvalue weighted by Gasteiger charge is 2.26. The molecule has 1 aliphatic rings. The van der Waals surface area contributed by atoms with Crippen molar-refractivity contribution in [3.63, 3.8) is 0 Å². The van der Waals surface area contributed by atoms with Gasteiger partial charge in [0.1, 0.15) is 0 Å². The monoisotopic (exact) mass is 298 g/mol. The van der Waals surface area contributed by atoms with Gasteiger partial charge in [-0.3, -0.25) is 0 Å². The highest BCUT2D eigenvalue weighted by atomic mass is 32.2. The number of aromatic nitrogens is 1. The molecule has 0 saturated carbocycles. The molecule has 5 nitrogen and oxygen atoms in total. The molecule has 7 heteroatoms. The van der Waals surface area contributed by atoms with Crippen LogP contribution in [0.4, 0.5) is 0 Å². The van der Waals surface area contributed by atoms with Crippen molar-refractivity contribution in [2.75, 3.05) is 26.3 Å². The van der Waals surface area contributed by atoms with Crippen LogP contribution in [0, 0.1) is 6.92 Å². The molecule has 0 aliphatic carbocycles. The van der Waals surface area contributed by atoms with E-state index in [1.807, 2.05) is 6.92 Å². The van der Waals surface area contributed by atoms with Gasteiger partial charge in [0.05, 0.1) is 33.3 Å². The fourth-order valence-electron chi connectivity index (χ4n) is 2.12. The van der Waals surface area contributed by atoms with Crippen LogP contribution in [-0.2, 0) is 14.8 Å². The van der Waals surface area contributed by atoms with Crippen LogP contribution in [0.2, 0.25) is 0 Å². The minimum absolute atomic E-state index is 0.338. The van der Waals surface area contributed by atoms with Crippen molar-refractivity contribution in [1.82, 2.24) is 9.29 Å². The predicted molar refractivity (Wildman–Crippen MR) is 73.9 cm³/mol. The van der Waals surface area contributed by atoms with Crippen LogP contribution in [0.15, 0.2) is 23.1 Å². The number of hydrogen-bond donors (Lipinski definition) is 0. The van der Waals surface area contributed by atoms with Crippen molar-refractivity contribution in [1.29, 1.82) is 0 Å². The molecule has 1 aromatic heterocycles. The zero-order valence-corrected chi connectivity index (χ0v) is 12.1. The van der Waals surface area contributed by atoms with Gasteiger partial charge >= 0.3 is 0 Å². The minimum atomic E-state index is -3.41. The van der Waals surface area contributed by atoms with Crippen LogP contribution in [0.3, 0.4) is 0 Å². The molecule has 0 unspecified atom stereocenters. The van der Waals surface area contributed by atoms with Crippen LogP contribution < -0.4 is 0 Å². The third kappa shape index (κ3) is 2.38. The number of aryl methyl sites for hydroxylation is 1. The molecule has 2 heterocycles. The Balaban J connectivity index is 2.02. The van der Waals surface area contributed by atoms with E-state index in [4.69, 9.17) is 4.74 Å². The van der Waals surface area contributed by atoms with Crippen LogP contribution in [0.25, 0.3) is 10.2 Å². The predicted octanol–water partition coefficient (Wildman–Crippen LogP) is 1.63. The second-order valence-corrected chi connectivity index (χ2v) is 7.55. The molecule has 1 aromatic carbocycles. The molecule has 2 aromatic rings. The zero-order valence-electron chi connectivity index (χ0n) is 10.5. The van der Waals surface area contributed by atoms with E-state index < -0.39 is 10.0 Å². The number of hydrogen-bond acceptors (Lipinski definition) is 5. The second kappa shape index (κ2) is 4.82. The highest BCUT2D eigenvalue weighted by molar-refractivity contribution is 7.89. The lowest BCUT2D eigenvalue weighted by atomic mass is 10.3. The van der Waals surface area contributed by atoms with Crippen molar-refractivity contribution >= 4 is 31.6 Å². The summed E-state index contributed by atoms with van der Waals surface area (Å²) in [6.45, 7) is 3.67. The number of nitrogens with zero attached hydrogens (tertiary/aromatic N) is 2. The summed E-state index contributed by atoms with van der Waals surface area (Å²) in [5.41, 5.74) is 0.850. The third-order valence-corrected chi connectivity index (χ3v) is 5.90. The maximum atomic E-state index is 12.5. The third-order valence-electron chi connectivity index (χ3n) is 3.07. The van der Waals surface area contributed by atoms with Gasteiger partial charge in [-0.05, 0) is 25.1 Å². The quantitative estimate of drug-likeness (QED) is 0.845. The lowest BCUT2D eigenvalue weighted by Gasteiger charge is -2.25. The van der Waals surface area contributed by atoms with Crippen LogP contribution in [0.1, 0.15) is 5.01 Å². The smallest absolute Gasteiger partial charge is 0.243 e. The molecular weight excluding hydrogens is 284 g/mol. The Morgan fingerprint density at radius 3 is 2.79 bits per heavy atom. The van der Waals surface area contributed by atoms with E-state index in [-0.39, 0.29) is 0 Å². The first-order valence-corrected chi connectivity index (χ1v) is 8.28. The first-order chi connectivity index (χ1) is 9.07. The van der Waals surface area contributed by atoms with E-state index in [9.17, 15) is 8.42 Å². The molecule has 1 saturated heterocycles. The van der Waals surface area contributed by atoms with E-state index in [0.29, 0.717) is 31.2 Å². The molecule has 0 spiro atoms. The van der Waals surface area contributed by atoms with E-state index in [2.05, 4.69) is 4.98 Å². The SMILES string of the molecule is Cc1nc2ccc(S(=O)(=O)N3CCOCC3)cc2s1. The van der Waals surface area contributed by atoms with E-state index in [1.165, 1.54) is 15.6 Å². The number of thiazole rings is 1. The molecule has 0 N–H and O–H groups in total. The first-order valence-electron chi connectivity index (χ1n) is 6.02. The summed E-state index contributed by atoms with van der Waals surface area (Å²) in [6.07, 6.45) is 0. The number of benzene rings is 1. The van der Waals surface area contributed by atoms with Crippen molar-refractivity contribution in [3.05, 3.63) is 23.2 Å². The van der Waals surface area contributed by atoms with Gasteiger partial charge in [-0.15, -0.1) is 11.3 Å². The Morgan fingerprint density at radius 1 is 1.32 bits per heavy atom. The number of ether oxygens (including phenoxy) is 1. The number of fused-ring (bicyclic) bond motifs is 1. The van der Waals surface area contributed by atoms with E-state index >= 15 is 0 Å². The summed E-state index contributed by atoms with van der Waals surface area (Å²) in [5.74, 6) is 0. The first kappa shape index (κ1) is 13.0. The van der Waals surface area contributed by atoms with Gasteiger partial charge in [0.25, 0.3) is 0 Å².